The molecule has 116 valence electrons. The van der Waals surface area contributed by atoms with E-state index in [0.29, 0.717) is 18.1 Å². The summed E-state index contributed by atoms with van der Waals surface area (Å²) in [7, 11) is 0. The van der Waals surface area contributed by atoms with Crippen molar-refractivity contribution in [3.63, 3.8) is 0 Å². The maximum absolute atomic E-state index is 11.2. The van der Waals surface area contributed by atoms with Crippen LogP contribution in [0, 0.1) is 11.8 Å². The van der Waals surface area contributed by atoms with Crippen LogP contribution in [-0.2, 0) is 11.3 Å². The molecule has 3 rings (SSSR count). The summed E-state index contributed by atoms with van der Waals surface area (Å²) in [5.74, 6) is -0.146. The lowest BCUT2D eigenvalue weighted by Gasteiger charge is -2.12. The first kappa shape index (κ1) is 15.1. The number of halogens is 1. The third-order valence-electron chi connectivity index (χ3n) is 4.08. The Morgan fingerprint density at radius 1 is 1.41 bits per heavy atom. The second-order valence-electron chi connectivity index (χ2n) is 5.80. The second kappa shape index (κ2) is 6.10. The van der Waals surface area contributed by atoms with E-state index in [1.165, 1.54) is 0 Å². The van der Waals surface area contributed by atoms with Gasteiger partial charge in [0.25, 0.3) is 0 Å². The highest BCUT2D eigenvalue weighted by atomic mass is 35.5. The zero-order valence-electron chi connectivity index (χ0n) is 12.2. The van der Waals surface area contributed by atoms with Gasteiger partial charge < -0.3 is 9.63 Å². The number of carboxylic acid groups (broad SMARTS) is 1. The molecule has 0 amide bonds. The Bertz CT molecular complexity index is 668. The van der Waals surface area contributed by atoms with Gasteiger partial charge in [0.05, 0.1) is 12.5 Å². The number of carboxylic acids is 1. The molecule has 0 radical (unpaired) electrons. The van der Waals surface area contributed by atoms with Crippen LogP contribution in [0.25, 0.3) is 11.3 Å². The van der Waals surface area contributed by atoms with Crippen LogP contribution in [0.15, 0.2) is 34.9 Å². The Hall–Kier alpha value is -1.85. The van der Waals surface area contributed by atoms with Gasteiger partial charge in [-0.2, -0.15) is 0 Å². The van der Waals surface area contributed by atoms with Crippen LogP contribution in [0.4, 0.5) is 0 Å². The molecular formula is C16H17ClN2O3. The summed E-state index contributed by atoms with van der Waals surface area (Å²) in [4.78, 5) is 13.2. The topological polar surface area (TPSA) is 66.6 Å². The molecular weight excluding hydrogens is 304 g/mol. The van der Waals surface area contributed by atoms with E-state index in [1.807, 2.05) is 37.3 Å². The number of likely N-dealkylation sites (tertiary alicyclic amines) is 1. The molecule has 2 heterocycles. The zero-order chi connectivity index (χ0) is 15.7. The van der Waals surface area contributed by atoms with E-state index in [1.54, 1.807) is 0 Å². The second-order valence-corrected chi connectivity index (χ2v) is 6.24. The summed E-state index contributed by atoms with van der Waals surface area (Å²) in [5.41, 5.74) is 1.70. The van der Waals surface area contributed by atoms with E-state index in [2.05, 4.69) is 10.1 Å². The van der Waals surface area contributed by atoms with Gasteiger partial charge in [0.15, 0.2) is 5.76 Å². The van der Waals surface area contributed by atoms with Crippen LogP contribution in [0.5, 0.6) is 0 Å². The predicted molar refractivity (Wildman–Crippen MR) is 82.5 cm³/mol. The van der Waals surface area contributed by atoms with Crippen molar-refractivity contribution in [1.82, 2.24) is 10.1 Å². The Morgan fingerprint density at radius 2 is 2.14 bits per heavy atom. The highest BCUT2D eigenvalue weighted by Gasteiger charge is 2.34. The van der Waals surface area contributed by atoms with Crippen molar-refractivity contribution in [3.05, 3.63) is 41.1 Å². The molecule has 0 bridgehead atoms. The van der Waals surface area contributed by atoms with Crippen LogP contribution in [0.3, 0.4) is 0 Å². The minimum atomic E-state index is -0.727. The standard InChI is InChI=1S/C16H17ClN2O3/c1-10-7-19(9-14(10)16(20)21)8-13-6-15(18-22-13)11-2-4-12(17)5-3-11/h2-6,10,14H,7-9H2,1H3,(H,20,21)/t10-,14-/m1/s1. The number of benzene rings is 1. The fourth-order valence-electron chi connectivity index (χ4n) is 2.88. The number of hydrogen-bond donors (Lipinski definition) is 1. The molecule has 6 heteroatoms. The van der Waals surface area contributed by atoms with Crippen LogP contribution in [-0.4, -0.2) is 34.2 Å². The van der Waals surface area contributed by atoms with Crippen molar-refractivity contribution in [2.24, 2.45) is 11.8 Å². The summed E-state index contributed by atoms with van der Waals surface area (Å²) in [6, 6.07) is 9.29. The van der Waals surface area contributed by atoms with Crippen molar-refractivity contribution in [3.8, 4) is 11.3 Å². The SMILES string of the molecule is C[C@@H]1CN(Cc2cc(-c3ccc(Cl)cc3)no2)C[C@H]1C(=O)O. The van der Waals surface area contributed by atoms with Gasteiger partial charge in [0, 0.05) is 29.7 Å². The molecule has 1 aliphatic heterocycles. The molecule has 22 heavy (non-hydrogen) atoms. The summed E-state index contributed by atoms with van der Waals surface area (Å²) in [5, 5.41) is 13.9. The number of rotatable bonds is 4. The Labute approximate surface area is 133 Å². The van der Waals surface area contributed by atoms with Crippen molar-refractivity contribution in [2.45, 2.75) is 13.5 Å². The normalized spacial score (nSPS) is 22.1. The minimum absolute atomic E-state index is 0.149. The smallest absolute Gasteiger partial charge is 0.308 e. The van der Waals surface area contributed by atoms with Gasteiger partial charge in [-0.15, -0.1) is 0 Å². The summed E-state index contributed by atoms with van der Waals surface area (Å²) in [6.07, 6.45) is 0. The molecule has 1 aromatic heterocycles. The third-order valence-corrected chi connectivity index (χ3v) is 4.34. The zero-order valence-corrected chi connectivity index (χ0v) is 13.0. The molecule has 0 saturated carbocycles. The first-order chi connectivity index (χ1) is 10.5. The number of nitrogens with zero attached hydrogens (tertiary/aromatic N) is 2. The number of aliphatic carboxylic acids is 1. The summed E-state index contributed by atoms with van der Waals surface area (Å²) in [6.45, 7) is 3.86. The molecule has 1 saturated heterocycles. The van der Waals surface area contributed by atoms with Gasteiger partial charge in [0.1, 0.15) is 5.69 Å². The van der Waals surface area contributed by atoms with Gasteiger partial charge in [-0.3, -0.25) is 9.69 Å². The molecule has 1 aliphatic rings. The van der Waals surface area contributed by atoms with E-state index in [4.69, 9.17) is 21.2 Å². The van der Waals surface area contributed by atoms with Crippen LogP contribution >= 0.6 is 11.6 Å². The summed E-state index contributed by atoms with van der Waals surface area (Å²) < 4.78 is 5.37. The van der Waals surface area contributed by atoms with Gasteiger partial charge in [-0.25, -0.2) is 0 Å². The molecule has 5 nitrogen and oxygen atoms in total. The van der Waals surface area contributed by atoms with Gasteiger partial charge in [-0.1, -0.05) is 35.8 Å². The average molecular weight is 321 g/mol. The van der Waals surface area contributed by atoms with Crippen LogP contribution in [0.2, 0.25) is 5.02 Å². The highest BCUT2D eigenvalue weighted by Crippen LogP contribution is 2.26. The maximum atomic E-state index is 11.2. The molecule has 1 N–H and O–H groups in total. The number of aromatic nitrogens is 1. The Kier molecular flexibility index (Phi) is 4.18. The lowest BCUT2D eigenvalue weighted by molar-refractivity contribution is -0.142. The van der Waals surface area contributed by atoms with Crippen LogP contribution < -0.4 is 0 Å². The molecule has 2 aromatic rings. The first-order valence-corrected chi connectivity index (χ1v) is 7.57. The average Bonchev–Trinajstić information content (AvgIpc) is 3.07. The summed E-state index contributed by atoms with van der Waals surface area (Å²) >= 11 is 5.87. The largest absolute Gasteiger partial charge is 0.481 e. The molecule has 0 unspecified atom stereocenters. The van der Waals surface area contributed by atoms with Crippen molar-refractivity contribution >= 4 is 17.6 Å². The van der Waals surface area contributed by atoms with Gasteiger partial charge >= 0.3 is 5.97 Å². The van der Waals surface area contributed by atoms with Crippen molar-refractivity contribution < 1.29 is 14.4 Å². The fourth-order valence-corrected chi connectivity index (χ4v) is 3.01. The van der Waals surface area contributed by atoms with Crippen molar-refractivity contribution in [1.29, 1.82) is 0 Å². The lowest BCUT2D eigenvalue weighted by atomic mass is 9.99. The molecule has 0 aliphatic carbocycles. The van der Waals surface area contributed by atoms with Crippen molar-refractivity contribution in [2.75, 3.05) is 13.1 Å². The number of carbonyl (C=O) groups is 1. The van der Waals surface area contributed by atoms with E-state index in [-0.39, 0.29) is 11.8 Å². The van der Waals surface area contributed by atoms with Gasteiger partial charge in [-0.05, 0) is 18.1 Å². The fraction of sp³-hybridized carbons (Fsp3) is 0.375. The number of hydrogen-bond acceptors (Lipinski definition) is 4. The molecule has 2 atom stereocenters. The maximum Gasteiger partial charge on any atom is 0.308 e. The Morgan fingerprint density at radius 3 is 2.77 bits per heavy atom. The van der Waals surface area contributed by atoms with E-state index in [0.717, 1.165) is 23.6 Å². The molecule has 0 spiro atoms. The first-order valence-electron chi connectivity index (χ1n) is 7.19. The lowest BCUT2D eigenvalue weighted by Crippen LogP contribution is -2.23. The highest BCUT2D eigenvalue weighted by molar-refractivity contribution is 6.30. The quantitative estimate of drug-likeness (QED) is 0.937. The predicted octanol–water partition coefficient (Wildman–Crippen LogP) is 3.15. The Balaban J connectivity index is 1.68. The molecule has 1 aromatic carbocycles. The monoisotopic (exact) mass is 320 g/mol. The van der Waals surface area contributed by atoms with E-state index in [9.17, 15) is 4.79 Å². The molecule has 1 fully saturated rings. The van der Waals surface area contributed by atoms with E-state index >= 15 is 0 Å². The third kappa shape index (κ3) is 3.15. The minimum Gasteiger partial charge on any atom is -0.481 e. The van der Waals surface area contributed by atoms with Gasteiger partial charge in [0.2, 0.25) is 0 Å². The van der Waals surface area contributed by atoms with Crippen LogP contribution in [0.1, 0.15) is 12.7 Å². The van der Waals surface area contributed by atoms with E-state index < -0.39 is 5.97 Å².